The van der Waals surface area contributed by atoms with E-state index in [1.807, 2.05) is 0 Å². The monoisotopic (exact) mass is 335 g/mol. The van der Waals surface area contributed by atoms with Gasteiger partial charge in [0, 0.05) is 33.7 Å². The summed E-state index contributed by atoms with van der Waals surface area (Å²) in [5, 5.41) is 3.13. The summed E-state index contributed by atoms with van der Waals surface area (Å²) in [7, 11) is 3.35. The molecule has 8 heteroatoms. The fourth-order valence-electron chi connectivity index (χ4n) is 2.11. The minimum Gasteiger partial charge on any atom is -0.347 e. The number of carbonyl (C=O) groups is 2. The van der Waals surface area contributed by atoms with Crippen LogP contribution >= 0.6 is 34.5 Å². The van der Waals surface area contributed by atoms with Crippen molar-refractivity contribution in [1.29, 1.82) is 0 Å². The topological polar surface area (TPSA) is 52.7 Å². The largest absolute Gasteiger partial charge is 0.347 e. The van der Waals surface area contributed by atoms with Gasteiger partial charge in [-0.2, -0.15) is 0 Å². The van der Waals surface area contributed by atoms with Gasteiger partial charge in [0.1, 0.15) is 10.4 Å². The molecular formula is C12H15Cl2N3O2S. The van der Waals surface area contributed by atoms with Crippen LogP contribution in [-0.4, -0.2) is 61.4 Å². The van der Waals surface area contributed by atoms with Gasteiger partial charge >= 0.3 is 0 Å². The van der Waals surface area contributed by atoms with Gasteiger partial charge in [0.15, 0.2) is 0 Å². The summed E-state index contributed by atoms with van der Waals surface area (Å²) in [4.78, 5) is 27.8. The Morgan fingerprint density at radius 2 is 2.15 bits per heavy atom. The van der Waals surface area contributed by atoms with Gasteiger partial charge in [-0.25, -0.2) is 0 Å². The number of hydrogen-bond acceptors (Lipinski definition) is 4. The molecule has 1 aliphatic heterocycles. The Hall–Kier alpha value is -0.820. The molecule has 0 saturated carbocycles. The van der Waals surface area contributed by atoms with Crippen molar-refractivity contribution < 1.29 is 9.59 Å². The van der Waals surface area contributed by atoms with E-state index >= 15 is 0 Å². The minimum absolute atomic E-state index is 0.108. The molecular weight excluding hydrogens is 321 g/mol. The average molecular weight is 336 g/mol. The molecule has 2 heterocycles. The summed E-state index contributed by atoms with van der Waals surface area (Å²) < 4.78 is 0.818. The number of nitrogens with zero attached hydrogens (tertiary/aromatic N) is 2. The molecule has 1 aliphatic rings. The molecule has 20 heavy (non-hydrogen) atoms. The van der Waals surface area contributed by atoms with Gasteiger partial charge in [-0.3, -0.25) is 9.59 Å². The lowest BCUT2D eigenvalue weighted by atomic mass is 10.1. The fraction of sp³-hybridized carbons (Fsp3) is 0.500. The van der Waals surface area contributed by atoms with Crippen molar-refractivity contribution in [3.05, 3.63) is 20.3 Å². The first-order valence-corrected chi connectivity index (χ1v) is 7.66. The lowest BCUT2D eigenvalue weighted by Crippen LogP contribution is -2.59. The maximum absolute atomic E-state index is 12.6. The third kappa shape index (κ3) is 3.09. The van der Waals surface area contributed by atoms with Crippen molar-refractivity contribution in [1.82, 2.24) is 15.1 Å². The van der Waals surface area contributed by atoms with E-state index in [1.165, 1.54) is 4.90 Å². The van der Waals surface area contributed by atoms with E-state index < -0.39 is 6.04 Å². The molecule has 1 atom stereocenters. The minimum atomic E-state index is -0.513. The van der Waals surface area contributed by atoms with Crippen LogP contribution in [0, 0.1) is 0 Å². The zero-order valence-electron chi connectivity index (χ0n) is 11.2. The van der Waals surface area contributed by atoms with Crippen molar-refractivity contribution in [3.63, 3.8) is 0 Å². The molecule has 1 saturated heterocycles. The van der Waals surface area contributed by atoms with E-state index in [4.69, 9.17) is 23.2 Å². The van der Waals surface area contributed by atoms with Crippen LogP contribution in [0.25, 0.3) is 0 Å². The van der Waals surface area contributed by atoms with Crippen molar-refractivity contribution in [3.8, 4) is 0 Å². The lowest BCUT2D eigenvalue weighted by molar-refractivity contribution is -0.134. The summed E-state index contributed by atoms with van der Waals surface area (Å²) in [6.45, 7) is 1.56. The number of halogens is 2. The molecule has 0 spiro atoms. The Balaban J connectivity index is 2.26. The first kappa shape index (κ1) is 15.6. The number of amides is 2. The van der Waals surface area contributed by atoms with Gasteiger partial charge in [-0.15, -0.1) is 11.3 Å². The first-order valence-electron chi connectivity index (χ1n) is 6.09. The summed E-state index contributed by atoms with van der Waals surface area (Å²) in [6.07, 6.45) is 0. The molecule has 1 aromatic heterocycles. The number of likely N-dealkylation sites (N-methyl/N-ethyl adjacent to an activating group) is 1. The highest BCUT2D eigenvalue weighted by molar-refractivity contribution is 7.20. The second-order valence-corrected chi connectivity index (χ2v) is 6.97. The maximum atomic E-state index is 12.6. The van der Waals surface area contributed by atoms with Crippen LogP contribution in [0.2, 0.25) is 8.67 Å². The Morgan fingerprint density at radius 1 is 1.45 bits per heavy atom. The number of rotatable bonds is 2. The molecule has 0 radical (unpaired) electrons. The molecule has 0 aliphatic carbocycles. The maximum Gasteiger partial charge on any atom is 0.257 e. The zero-order valence-corrected chi connectivity index (χ0v) is 13.5. The van der Waals surface area contributed by atoms with E-state index in [1.54, 1.807) is 25.1 Å². The highest BCUT2D eigenvalue weighted by Crippen LogP contribution is 2.32. The summed E-state index contributed by atoms with van der Waals surface area (Å²) in [5.41, 5.74) is 0.361. The molecule has 1 N–H and O–H groups in total. The second kappa shape index (κ2) is 6.30. The highest BCUT2D eigenvalue weighted by atomic mass is 35.5. The standard InChI is InChI=1S/C12H15Cl2N3O2S/c1-16(2)12(19)8-6-15-3-4-17(8)11(18)7-5-9(13)20-10(7)14/h5,8,15H,3-4,6H2,1-2H3. The normalized spacial score (nSPS) is 19.0. The van der Waals surface area contributed by atoms with Crippen molar-refractivity contribution in [2.75, 3.05) is 33.7 Å². The van der Waals surface area contributed by atoms with Crippen molar-refractivity contribution in [2.24, 2.45) is 0 Å². The average Bonchev–Trinajstić information content (AvgIpc) is 2.76. The molecule has 0 aromatic carbocycles. The number of thiophene rings is 1. The molecule has 1 aromatic rings. The van der Waals surface area contributed by atoms with Gasteiger partial charge in [0.05, 0.1) is 9.90 Å². The highest BCUT2D eigenvalue weighted by Gasteiger charge is 2.34. The van der Waals surface area contributed by atoms with Crippen LogP contribution in [0.1, 0.15) is 10.4 Å². The predicted molar refractivity (Wildman–Crippen MR) is 80.7 cm³/mol. The van der Waals surface area contributed by atoms with Crippen LogP contribution < -0.4 is 5.32 Å². The molecule has 110 valence electrons. The molecule has 5 nitrogen and oxygen atoms in total. The van der Waals surface area contributed by atoms with Crippen molar-refractivity contribution >= 4 is 46.4 Å². The van der Waals surface area contributed by atoms with E-state index in [9.17, 15) is 9.59 Å². The molecule has 0 bridgehead atoms. The van der Waals surface area contributed by atoms with Crippen LogP contribution in [0.4, 0.5) is 0 Å². The van der Waals surface area contributed by atoms with E-state index in [-0.39, 0.29) is 11.8 Å². The Labute approximate surface area is 131 Å². The third-order valence-electron chi connectivity index (χ3n) is 3.12. The summed E-state index contributed by atoms with van der Waals surface area (Å²) in [6, 6.07) is 1.04. The van der Waals surface area contributed by atoms with Crippen molar-refractivity contribution in [2.45, 2.75) is 6.04 Å². The van der Waals surface area contributed by atoms with Gasteiger partial charge in [-0.05, 0) is 6.07 Å². The Bertz CT molecular complexity index is 533. The van der Waals surface area contributed by atoms with Crippen LogP contribution in [0.15, 0.2) is 6.07 Å². The van der Waals surface area contributed by atoms with Gasteiger partial charge in [-0.1, -0.05) is 23.2 Å². The number of hydrogen-bond donors (Lipinski definition) is 1. The van der Waals surface area contributed by atoms with Crippen LogP contribution in [0.3, 0.4) is 0 Å². The number of nitrogens with one attached hydrogen (secondary N) is 1. The van der Waals surface area contributed by atoms with E-state index in [2.05, 4.69) is 5.32 Å². The fourth-order valence-corrected chi connectivity index (χ4v) is 3.55. The Kier molecular flexibility index (Phi) is 4.90. The Morgan fingerprint density at radius 3 is 2.70 bits per heavy atom. The first-order chi connectivity index (χ1) is 9.41. The van der Waals surface area contributed by atoms with Gasteiger partial charge in [0.2, 0.25) is 5.91 Å². The SMILES string of the molecule is CN(C)C(=O)C1CNCCN1C(=O)c1cc(Cl)sc1Cl. The quantitative estimate of drug-likeness (QED) is 0.892. The third-order valence-corrected chi connectivity index (χ3v) is 4.60. The molecule has 1 unspecified atom stereocenters. The van der Waals surface area contributed by atoms with Gasteiger partial charge in [0.25, 0.3) is 5.91 Å². The predicted octanol–water partition coefficient (Wildman–Crippen LogP) is 1.56. The van der Waals surface area contributed by atoms with E-state index in [0.29, 0.717) is 33.9 Å². The molecule has 2 amide bonds. The zero-order chi connectivity index (χ0) is 14.9. The smallest absolute Gasteiger partial charge is 0.257 e. The van der Waals surface area contributed by atoms with Crippen LogP contribution in [0.5, 0.6) is 0 Å². The van der Waals surface area contributed by atoms with Crippen LogP contribution in [-0.2, 0) is 4.79 Å². The summed E-state index contributed by atoms with van der Waals surface area (Å²) in [5.74, 6) is -0.358. The summed E-state index contributed by atoms with van der Waals surface area (Å²) >= 11 is 13.0. The molecule has 2 rings (SSSR count). The lowest BCUT2D eigenvalue weighted by Gasteiger charge is -2.36. The number of piperazine rings is 1. The molecule has 1 fully saturated rings. The van der Waals surface area contributed by atoms with E-state index in [0.717, 1.165) is 11.3 Å². The number of carbonyl (C=O) groups excluding carboxylic acids is 2. The van der Waals surface area contributed by atoms with Gasteiger partial charge < -0.3 is 15.1 Å². The second-order valence-electron chi connectivity index (χ2n) is 4.69.